The van der Waals surface area contributed by atoms with Crippen molar-refractivity contribution in [1.29, 1.82) is 0 Å². The van der Waals surface area contributed by atoms with E-state index in [1.165, 1.54) is 4.90 Å². The fourth-order valence-electron chi connectivity index (χ4n) is 3.88. The number of nitrogens with two attached hydrogens (primary N) is 1. The van der Waals surface area contributed by atoms with Crippen LogP contribution in [0.1, 0.15) is 27.0 Å². The number of nitrogens with one attached hydrogen (secondary N) is 1. The van der Waals surface area contributed by atoms with E-state index in [4.69, 9.17) is 10.5 Å². The van der Waals surface area contributed by atoms with Crippen molar-refractivity contribution in [3.63, 3.8) is 0 Å². The molecule has 3 amide bonds. The van der Waals surface area contributed by atoms with Crippen molar-refractivity contribution in [3.8, 4) is 5.75 Å². The highest BCUT2D eigenvalue weighted by atomic mass is 32.2. The molecule has 0 radical (unpaired) electrons. The molecule has 1 aliphatic heterocycles. The molecule has 0 atom stereocenters. The lowest BCUT2D eigenvalue weighted by Gasteiger charge is -2.19. The van der Waals surface area contributed by atoms with Crippen LogP contribution in [-0.4, -0.2) is 35.8 Å². The Morgan fingerprint density at radius 1 is 1.05 bits per heavy atom. The molecule has 1 aliphatic rings. The molecule has 37 heavy (non-hydrogen) atoms. The Morgan fingerprint density at radius 3 is 2.38 bits per heavy atom. The van der Waals surface area contributed by atoms with E-state index >= 15 is 0 Å². The Morgan fingerprint density at radius 2 is 1.73 bits per heavy atom. The largest absolute Gasteiger partial charge is 0.497 e. The molecule has 0 saturated carbocycles. The van der Waals surface area contributed by atoms with Crippen LogP contribution >= 0.6 is 11.8 Å². The van der Waals surface area contributed by atoms with Gasteiger partial charge in [0.05, 0.1) is 29.8 Å². The van der Waals surface area contributed by atoms with Crippen molar-refractivity contribution < 1.29 is 19.1 Å². The molecule has 0 unspecified atom stereocenters. The molecule has 0 spiro atoms. The number of para-hydroxylation sites is 1. The van der Waals surface area contributed by atoms with Gasteiger partial charge in [-0.15, -0.1) is 0 Å². The number of carbonyl (C=O) groups is 3. The molecule has 0 bridgehead atoms. The van der Waals surface area contributed by atoms with Gasteiger partial charge in [-0.2, -0.15) is 0 Å². The van der Waals surface area contributed by atoms with E-state index in [0.717, 1.165) is 28.5 Å². The lowest BCUT2D eigenvalue weighted by atomic mass is 10.1. The number of anilines is 2. The maximum Gasteiger partial charge on any atom is 0.283 e. The lowest BCUT2D eigenvalue weighted by molar-refractivity contribution is -0.114. The number of hydrogen-bond acceptors (Lipinski definition) is 6. The SMILES string of the molecule is COc1ccc(/C=C2\N=C(SCC(=O)Nc3ccccc3C(N)=O)N(c3cc(C)cc(C)c3)C2=O)cc1. The Balaban J connectivity index is 1.60. The lowest BCUT2D eigenvalue weighted by Crippen LogP contribution is -2.31. The number of nitrogens with zero attached hydrogens (tertiary/aromatic N) is 2. The first kappa shape index (κ1) is 25.7. The summed E-state index contributed by atoms with van der Waals surface area (Å²) in [4.78, 5) is 44.0. The van der Waals surface area contributed by atoms with Gasteiger partial charge in [-0.25, -0.2) is 4.99 Å². The van der Waals surface area contributed by atoms with Gasteiger partial charge in [-0.3, -0.25) is 19.3 Å². The minimum Gasteiger partial charge on any atom is -0.497 e. The number of thioether (sulfide) groups is 1. The number of amidine groups is 1. The molecular formula is C28H26N4O4S. The van der Waals surface area contributed by atoms with Gasteiger partial charge in [0.15, 0.2) is 5.17 Å². The van der Waals surface area contributed by atoms with Gasteiger partial charge in [0.1, 0.15) is 11.4 Å². The van der Waals surface area contributed by atoms with Gasteiger partial charge >= 0.3 is 0 Å². The smallest absolute Gasteiger partial charge is 0.283 e. The molecule has 188 valence electrons. The van der Waals surface area contributed by atoms with E-state index in [2.05, 4.69) is 10.3 Å². The summed E-state index contributed by atoms with van der Waals surface area (Å²) >= 11 is 1.13. The van der Waals surface area contributed by atoms with Crippen LogP contribution in [-0.2, 0) is 9.59 Å². The molecule has 9 heteroatoms. The molecule has 0 fully saturated rings. The van der Waals surface area contributed by atoms with Crippen LogP contribution in [0.25, 0.3) is 6.08 Å². The quantitative estimate of drug-likeness (QED) is 0.450. The summed E-state index contributed by atoms with van der Waals surface area (Å²) in [5.74, 6) is -0.607. The second kappa shape index (κ2) is 11.1. The van der Waals surface area contributed by atoms with Crippen LogP contribution in [0.15, 0.2) is 77.4 Å². The molecule has 8 nitrogen and oxygen atoms in total. The van der Waals surface area contributed by atoms with Gasteiger partial charge in [0.25, 0.3) is 11.8 Å². The predicted molar refractivity (Wildman–Crippen MR) is 148 cm³/mol. The number of carbonyl (C=O) groups excluding carboxylic acids is 3. The third-order valence-corrected chi connectivity index (χ3v) is 6.45. The molecule has 4 rings (SSSR count). The van der Waals surface area contributed by atoms with Gasteiger partial charge in [0, 0.05) is 0 Å². The van der Waals surface area contributed by atoms with Crippen LogP contribution in [0.5, 0.6) is 5.75 Å². The van der Waals surface area contributed by atoms with E-state index in [9.17, 15) is 14.4 Å². The molecule has 1 heterocycles. The van der Waals surface area contributed by atoms with Crippen LogP contribution < -0.4 is 20.7 Å². The molecule has 0 aromatic heterocycles. The van der Waals surface area contributed by atoms with E-state index < -0.39 is 5.91 Å². The van der Waals surface area contributed by atoms with E-state index in [1.807, 2.05) is 44.2 Å². The molecular weight excluding hydrogens is 488 g/mol. The first-order chi connectivity index (χ1) is 17.7. The number of methoxy groups -OCH3 is 1. The number of aryl methyl sites for hydroxylation is 2. The van der Waals surface area contributed by atoms with Gasteiger partial charge in [-0.1, -0.05) is 42.1 Å². The molecule has 0 aliphatic carbocycles. The Labute approximate surface area is 219 Å². The first-order valence-corrected chi connectivity index (χ1v) is 12.4. The van der Waals surface area contributed by atoms with Crippen molar-refractivity contribution in [2.75, 3.05) is 23.1 Å². The van der Waals surface area contributed by atoms with Crippen molar-refractivity contribution in [3.05, 3.63) is 94.7 Å². The Bertz CT molecular complexity index is 1410. The van der Waals surface area contributed by atoms with Crippen LogP contribution in [0.3, 0.4) is 0 Å². The summed E-state index contributed by atoms with van der Waals surface area (Å²) in [5.41, 5.74) is 9.68. The summed E-state index contributed by atoms with van der Waals surface area (Å²) in [6, 6.07) is 19.6. The second-order valence-corrected chi connectivity index (χ2v) is 9.37. The Kier molecular flexibility index (Phi) is 7.74. The number of benzene rings is 3. The summed E-state index contributed by atoms with van der Waals surface area (Å²) < 4.78 is 5.20. The second-order valence-electron chi connectivity index (χ2n) is 8.43. The summed E-state index contributed by atoms with van der Waals surface area (Å²) in [6.07, 6.45) is 1.70. The fraction of sp³-hybridized carbons (Fsp3) is 0.143. The third-order valence-electron chi connectivity index (χ3n) is 5.51. The summed E-state index contributed by atoms with van der Waals surface area (Å²) in [6.45, 7) is 3.91. The minimum absolute atomic E-state index is 0.0314. The number of rotatable bonds is 7. The standard InChI is InChI=1S/C28H26N4O4S/c1-17-12-18(2)14-20(13-17)32-27(35)24(15-19-8-10-21(36-3)11-9-19)31-28(32)37-16-25(33)30-23-7-5-4-6-22(23)26(29)34/h4-15H,16H2,1-3H3,(H2,29,34)(H,30,33)/b24-15-. The maximum atomic E-state index is 13.5. The van der Waals surface area contributed by atoms with Gasteiger partial charge < -0.3 is 15.8 Å². The summed E-state index contributed by atoms with van der Waals surface area (Å²) in [5, 5.41) is 3.10. The normalized spacial score (nSPS) is 14.0. The van der Waals surface area contributed by atoms with Crippen molar-refractivity contribution in [2.24, 2.45) is 10.7 Å². The average Bonchev–Trinajstić information content (AvgIpc) is 3.17. The number of hydrogen-bond donors (Lipinski definition) is 2. The first-order valence-electron chi connectivity index (χ1n) is 11.4. The van der Waals surface area contributed by atoms with E-state index in [1.54, 1.807) is 49.6 Å². The minimum atomic E-state index is -0.636. The molecule has 3 N–H and O–H groups in total. The summed E-state index contributed by atoms with van der Waals surface area (Å²) in [7, 11) is 1.59. The van der Waals surface area contributed by atoms with Crippen LogP contribution in [0, 0.1) is 13.8 Å². The number of ether oxygens (including phenoxy) is 1. The highest BCUT2D eigenvalue weighted by Crippen LogP contribution is 2.31. The average molecular weight is 515 g/mol. The fourth-order valence-corrected chi connectivity index (χ4v) is 4.69. The van der Waals surface area contributed by atoms with Gasteiger partial charge in [-0.05, 0) is 73.0 Å². The highest BCUT2D eigenvalue weighted by molar-refractivity contribution is 8.14. The molecule has 3 aromatic rings. The van der Waals surface area contributed by atoms with Gasteiger partial charge in [0.2, 0.25) is 5.91 Å². The molecule has 3 aromatic carbocycles. The highest BCUT2D eigenvalue weighted by Gasteiger charge is 2.32. The number of amides is 3. The monoisotopic (exact) mass is 514 g/mol. The number of primary amides is 1. The van der Waals surface area contributed by atoms with Crippen LogP contribution in [0.2, 0.25) is 0 Å². The van der Waals surface area contributed by atoms with Crippen LogP contribution in [0.4, 0.5) is 11.4 Å². The topological polar surface area (TPSA) is 114 Å². The zero-order valence-corrected chi connectivity index (χ0v) is 21.5. The van der Waals surface area contributed by atoms with Crippen molar-refractivity contribution in [1.82, 2.24) is 0 Å². The molecule has 0 saturated heterocycles. The Hall–Kier alpha value is -4.37. The van der Waals surface area contributed by atoms with E-state index in [-0.39, 0.29) is 28.8 Å². The maximum absolute atomic E-state index is 13.5. The zero-order valence-electron chi connectivity index (χ0n) is 20.6. The number of aliphatic imine (C=N–C) groups is 1. The van der Waals surface area contributed by atoms with Crippen molar-refractivity contribution >= 4 is 52.1 Å². The third kappa shape index (κ3) is 6.07. The van der Waals surface area contributed by atoms with Crippen molar-refractivity contribution in [2.45, 2.75) is 13.8 Å². The van der Waals surface area contributed by atoms with E-state index in [0.29, 0.717) is 22.3 Å². The zero-order chi connectivity index (χ0) is 26.5. The predicted octanol–water partition coefficient (Wildman–Crippen LogP) is 4.53.